The fraction of sp³-hybridized carbons (Fsp3) is 0.412. The predicted octanol–water partition coefficient (Wildman–Crippen LogP) is 1.95. The topological polar surface area (TPSA) is 186 Å². The van der Waals surface area contributed by atoms with Crippen molar-refractivity contribution < 1.29 is 37.3 Å². The molecular weight excluding hydrogens is 485 g/mol. The van der Waals surface area contributed by atoms with Gasteiger partial charge in [0.15, 0.2) is 5.96 Å². The first-order valence-electron chi connectivity index (χ1n) is 9.33. The lowest BCUT2D eigenvalue weighted by atomic mass is 10.4. The van der Waals surface area contributed by atoms with Crippen LogP contribution >= 0.6 is 11.8 Å². The van der Waals surface area contributed by atoms with Crippen molar-refractivity contribution in [3.8, 4) is 6.01 Å². The third-order valence-electron chi connectivity index (χ3n) is 3.35. The second-order valence-electron chi connectivity index (χ2n) is 6.34. The van der Waals surface area contributed by atoms with E-state index in [2.05, 4.69) is 35.5 Å². The van der Waals surface area contributed by atoms with E-state index in [9.17, 15) is 22.8 Å². The van der Waals surface area contributed by atoms with E-state index in [1.807, 2.05) is 0 Å². The van der Waals surface area contributed by atoms with Crippen LogP contribution in [0.4, 0.5) is 19.0 Å². The van der Waals surface area contributed by atoms with Crippen LogP contribution in [0.2, 0.25) is 0 Å². The first kappa shape index (κ1) is 26.5. The number of guanidine groups is 1. The molecule has 0 saturated carbocycles. The van der Waals surface area contributed by atoms with E-state index in [0.717, 1.165) is 6.08 Å². The number of nitrogens with two attached hydrogens (primary N) is 1. The first-order valence-corrected chi connectivity index (χ1v) is 10.3. The Labute approximate surface area is 194 Å². The van der Waals surface area contributed by atoms with E-state index in [0.29, 0.717) is 18.2 Å². The molecule has 1 unspecified atom stereocenters. The molecule has 0 fully saturated rings. The monoisotopic (exact) mass is 504 g/mol. The smallest absolute Gasteiger partial charge is 0.408 e. The molecule has 0 radical (unpaired) electrons. The summed E-state index contributed by atoms with van der Waals surface area (Å²) in [6.07, 6.45) is -1.27. The van der Waals surface area contributed by atoms with Gasteiger partial charge in [-0.1, -0.05) is 11.8 Å². The summed E-state index contributed by atoms with van der Waals surface area (Å²) >= 11 is 1.21. The number of carboxylic acid groups (broad SMARTS) is 1. The van der Waals surface area contributed by atoms with E-state index < -0.39 is 36.5 Å². The molecule has 1 aliphatic heterocycles. The molecule has 184 valence electrons. The van der Waals surface area contributed by atoms with Gasteiger partial charge in [0, 0.05) is 31.0 Å². The number of anilines is 1. The Morgan fingerprint density at radius 3 is 2.85 bits per heavy atom. The van der Waals surface area contributed by atoms with Gasteiger partial charge < -0.3 is 25.6 Å². The van der Waals surface area contributed by atoms with Crippen LogP contribution in [0.3, 0.4) is 0 Å². The summed E-state index contributed by atoms with van der Waals surface area (Å²) in [5.41, 5.74) is 5.39. The second-order valence-corrected chi connectivity index (χ2v) is 7.40. The summed E-state index contributed by atoms with van der Waals surface area (Å²) < 4.78 is 46.8. The minimum Gasteiger partial charge on any atom is -0.478 e. The zero-order chi connectivity index (χ0) is 25.2. The largest absolute Gasteiger partial charge is 0.478 e. The normalized spacial score (nSPS) is 18.1. The summed E-state index contributed by atoms with van der Waals surface area (Å²) in [6.45, 7) is 0.162. The number of carbonyl (C=O) groups excluding carboxylic acids is 1. The lowest BCUT2D eigenvalue weighted by molar-refractivity contribution is -0.150. The molecule has 34 heavy (non-hydrogen) atoms. The van der Waals surface area contributed by atoms with Crippen LogP contribution in [0, 0.1) is 0 Å². The Kier molecular flexibility index (Phi) is 9.28. The molecule has 0 saturated heterocycles. The van der Waals surface area contributed by atoms with E-state index in [4.69, 9.17) is 20.3 Å². The first-order chi connectivity index (χ1) is 15.9. The number of aliphatic imine (C=N–C) groups is 2. The van der Waals surface area contributed by atoms with Gasteiger partial charge in [-0.2, -0.15) is 23.1 Å². The number of amidine groups is 1. The highest BCUT2D eigenvalue weighted by Gasteiger charge is 2.32. The molecule has 0 aliphatic carbocycles. The van der Waals surface area contributed by atoms with E-state index in [1.165, 1.54) is 30.9 Å². The van der Waals surface area contributed by atoms with Gasteiger partial charge in [0.2, 0.25) is 5.17 Å². The number of esters is 1. The molecular formula is C17H19F3N8O5S. The van der Waals surface area contributed by atoms with Gasteiger partial charge in [0.1, 0.15) is 12.4 Å². The number of nitrogens with zero attached hydrogens (tertiary/aromatic N) is 6. The number of rotatable bonds is 10. The Morgan fingerprint density at radius 2 is 2.15 bits per heavy atom. The number of halogens is 3. The fourth-order valence-electron chi connectivity index (χ4n) is 2.04. The van der Waals surface area contributed by atoms with Crippen molar-refractivity contribution in [2.75, 3.05) is 24.2 Å². The number of carboxylic acids is 1. The molecule has 0 amide bonds. The molecule has 1 atom stereocenters. The summed E-state index contributed by atoms with van der Waals surface area (Å²) in [5.74, 6) is -3.67. The van der Waals surface area contributed by atoms with Gasteiger partial charge >= 0.3 is 30.0 Å². The maximum absolute atomic E-state index is 12.2. The average Bonchev–Trinajstić information content (AvgIpc) is 3.10. The maximum atomic E-state index is 12.2. The minimum atomic E-state index is -4.47. The lowest BCUT2D eigenvalue weighted by Gasteiger charge is -2.14. The Bertz CT molecular complexity index is 1020. The van der Waals surface area contributed by atoms with Crippen LogP contribution < -0.4 is 15.8 Å². The van der Waals surface area contributed by atoms with Gasteiger partial charge in [-0.05, 0) is 12.5 Å². The van der Waals surface area contributed by atoms with Gasteiger partial charge in [-0.15, -0.1) is 10.2 Å². The highest BCUT2D eigenvalue weighted by atomic mass is 32.2. The van der Waals surface area contributed by atoms with E-state index in [-0.39, 0.29) is 23.6 Å². The van der Waals surface area contributed by atoms with Gasteiger partial charge in [-0.25, -0.2) is 19.6 Å². The van der Waals surface area contributed by atoms with Crippen molar-refractivity contribution in [2.45, 2.75) is 25.4 Å². The van der Waals surface area contributed by atoms with Crippen molar-refractivity contribution in [1.82, 2.24) is 9.97 Å². The SMILES string of the molecule is CC1(OC(=O)/C=C\C(=O)O)N=NC(SCCCOc2nccc(NC(N)=NCC(F)(F)F)n2)=N1. The number of aliphatic carboxylic acids is 1. The summed E-state index contributed by atoms with van der Waals surface area (Å²) in [5, 5.41) is 18.7. The van der Waals surface area contributed by atoms with E-state index in [1.54, 1.807) is 0 Å². The molecule has 13 nitrogen and oxygen atoms in total. The number of ether oxygens (including phenoxy) is 2. The number of nitrogens with one attached hydrogen (secondary N) is 1. The average molecular weight is 504 g/mol. The standard InChI is InChI=1S/C17H19F3N8O5S/c1-16(33-12(31)4-3-11(29)30)26-15(27-28-16)34-8-2-7-32-14-22-6-5-10(25-14)24-13(21)23-9-17(18,19)20/h3-6H,2,7-9H2,1H3,(H,29,30)(H3,21,22,23,24,25)/b4-3-. The number of azo groups is 1. The van der Waals surface area contributed by atoms with Crippen molar-refractivity contribution in [3.05, 3.63) is 24.4 Å². The number of hydrogen-bond donors (Lipinski definition) is 3. The lowest BCUT2D eigenvalue weighted by Crippen LogP contribution is -2.26. The molecule has 1 aromatic heterocycles. The number of thioether (sulfide) groups is 1. The van der Waals surface area contributed by atoms with Gasteiger partial charge in [0.05, 0.1) is 6.61 Å². The molecule has 2 rings (SSSR count). The van der Waals surface area contributed by atoms with Crippen LogP contribution in [0.25, 0.3) is 0 Å². The second kappa shape index (κ2) is 11.9. The Balaban J connectivity index is 1.74. The van der Waals surface area contributed by atoms with Gasteiger partial charge in [-0.3, -0.25) is 0 Å². The third-order valence-corrected chi connectivity index (χ3v) is 4.27. The Hall–Kier alpha value is -3.76. The van der Waals surface area contributed by atoms with Crippen LogP contribution in [0.5, 0.6) is 6.01 Å². The van der Waals surface area contributed by atoms with Crippen LogP contribution in [-0.2, 0) is 14.3 Å². The highest BCUT2D eigenvalue weighted by molar-refractivity contribution is 8.13. The van der Waals surface area contributed by atoms with Crippen LogP contribution in [-0.4, -0.2) is 69.1 Å². The van der Waals surface area contributed by atoms with Crippen molar-refractivity contribution >= 4 is 40.6 Å². The van der Waals surface area contributed by atoms with Crippen LogP contribution in [0.15, 0.2) is 44.6 Å². The summed E-state index contributed by atoms with van der Waals surface area (Å²) in [6, 6.07) is 1.36. The molecule has 1 aliphatic rings. The molecule has 0 spiro atoms. The Morgan fingerprint density at radius 1 is 1.38 bits per heavy atom. The minimum absolute atomic E-state index is 0.0228. The summed E-state index contributed by atoms with van der Waals surface area (Å²) in [7, 11) is 0. The third kappa shape index (κ3) is 10.2. The zero-order valence-electron chi connectivity index (χ0n) is 17.5. The molecule has 0 bridgehead atoms. The fourth-order valence-corrected chi connectivity index (χ4v) is 2.81. The quantitative estimate of drug-likeness (QED) is 0.140. The van der Waals surface area contributed by atoms with E-state index >= 15 is 0 Å². The van der Waals surface area contributed by atoms with Crippen molar-refractivity contribution in [1.29, 1.82) is 0 Å². The predicted molar refractivity (Wildman–Crippen MR) is 114 cm³/mol. The highest BCUT2D eigenvalue weighted by Crippen LogP contribution is 2.26. The number of carbonyl (C=O) groups is 2. The number of hydrogen-bond acceptors (Lipinski definition) is 11. The van der Waals surface area contributed by atoms with Crippen LogP contribution in [0.1, 0.15) is 13.3 Å². The molecule has 4 N–H and O–H groups in total. The number of aromatic nitrogens is 2. The maximum Gasteiger partial charge on any atom is 0.408 e. The zero-order valence-corrected chi connectivity index (χ0v) is 18.3. The molecule has 17 heteroatoms. The summed E-state index contributed by atoms with van der Waals surface area (Å²) in [4.78, 5) is 37.1. The molecule has 1 aromatic rings. The molecule has 2 heterocycles. The molecule has 0 aromatic carbocycles. The van der Waals surface area contributed by atoms with Gasteiger partial charge in [0.25, 0.3) is 0 Å². The van der Waals surface area contributed by atoms with Crippen molar-refractivity contribution in [2.24, 2.45) is 25.9 Å². The number of alkyl halides is 3. The van der Waals surface area contributed by atoms with Crippen molar-refractivity contribution in [3.63, 3.8) is 0 Å².